The third-order valence-corrected chi connectivity index (χ3v) is 4.08. The van der Waals surface area contributed by atoms with Gasteiger partial charge in [-0.15, -0.1) is 24.0 Å². The molecule has 2 N–H and O–H groups in total. The summed E-state index contributed by atoms with van der Waals surface area (Å²) >= 11 is 0. The average Bonchev–Trinajstić information content (AvgIpc) is 2.76. The van der Waals surface area contributed by atoms with E-state index in [1.165, 1.54) is 14.2 Å². The zero-order valence-electron chi connectivity index (χ0n) is 17.8. The van der Waals surface area contributed by atoms with Gasteiger partial charge in [-0.25, -0.2) is 9.79 Å². The van der Waals surface area contributed by atoms with Gasteiger partial charge in [-0.3, -0.25) is 0 Å². The zero-order valence-corrected chi connectivity index (χ0v) is 20.1. The van der Waals surface area contributed by atoms with Gasteiger partial charge >= 0.3 is 5.97 Å². The number of benzene rings is 2. The fourth-order valence-corrected chi connectivity index (χ4v) is 2.65. The quantitative estimate of drug-likeness (QED) is 0.233. The largest absolute Gasteiger partial charge is 0.496 e. The summed E-state index contributed by atoms with van der Waals surface area (Å²) in [6.45, 7) is 3.03. The summed E-state index contributed by atoms with van der Waals surface area (Å²) in [7, 11) is 6.02. The first-order chi connectivity index (χ1) is 14.1. The molecule has 0 heterocycles. The van der Waals surface area contributed by atoms with Gasteiger partial charge in [0.25, 0.3) is 0 Å². The number of guanidine groups is 1. The lowest BCUT2D eigenvalue weighted by Crippen LogP contribution is -2.30. The Kier molecular flexibility index (Phi) is 10.8. The maximum absolute atomic E-state index is 12.0. The molecular weight excluding hydrogens is 501 g/mol. The molecule has 0 aromatic heterocycles. The molecule has 0 spiro atoms. The van der Waals surface area contributed by atoms with Crippen LogP contribution in [0.4, 0.5) is 5.69 Å². The van der Waals surface area contributed by atoms with E-state index in [0.29, 0.717) is 41.9 Å². The second-order valence-electron chi connectivity index (χ2n) is 5.92. The van der Waals surface area contributed by atoms with Gasteiger partial charge in [0, 0.05) is 18.3 Å². The number of carbonyl (C=O) groups excluding carboxylic acids is 1. The summed E-state index contributed by atoms with van der Waals surface area (Å²) in [6.07, 6.45) is 0. The van der Waals surface area contributed by atoms with Crippen LogP contribution < -0.4 is 24.8 Å². The van der Waals surface area contributed by atoms with Crippen molar-refractivity contribution >= 4 is 41.6 Å². The molecule has 0 saturated carbocycles. The van der Waals surface area contributed by atoms with Crippen molar-refractivity contribution in [3.8, 4) is 17.2 Å². The first kappa shape index (κ1) is 25.3. The topological polar surface area (TPSA) is 90.4 Å². The number of ether oxygens (including phenoxy) is 4. The van der Waals surface area contributed by atoms with E-state index >= 15 is 0 Å². The van der Waals surface area contributed by atoms with Crippen LogP contribution in [0.2, 0.25) is 0 Å². The number of anilines is 1. The number of hydrogen-bond donors (Lipinski definition) is 2. The van der Waals surface area contributed by atoms with Crippen molar-refractivity contribution in [2.24, 2.45) is 4.99 Å². The Labute approximate surface area is 194 Å². The van der Waals surface area contributed by atoms with E-state index in [1.807, 2.05) is 31.2 Å². The predicted octanol–water partition coefficient (Wildman–Crippen LogP) is 3.69. The summed E-state index contributed by atoms with van der Waals surface area (Å²) in [5, 5.41) is 6.42. The number of rotatable bonds is 8. The molecule has 2 aromatic rings. The number of carbonyl (C=O) groups is 1. The molecule has 2 rings (SSSR count). The van der Waals surface area contributed by atoms with Crippen LogP contribution in [0.1, 0.15) is 22.8 Å². The molecular formula is C21H28IN3O5. The zero-order chi connectivity index (χ0) is 21.2. The number of methoxy groups -OCH3 is 4. The van der Waals surface area contributed by atoms with Crippen molar-refractivity contribution < 1.29 is 23.7 Å². The summed E-state index contributed by atoms with van der Waals surface area (Å²) in [5.74, 6) is 1.86. The van der Waals surface area contributed by atoms with Gasteiger partial charge in [-0.05, 0) is 36.8 Å². The molecule has 0 unspecified atom stereocenters. The number of aliphatic imine (C=N–C) groups is 1. The Morgan fingerprint density at radius 2 is 1.60 bits per heavy atom. The minimum atomic E-state index is -0.456. The average molecular weight is 529 g/mol. The van der Waals surface area contributed by atoms with Crippen molar-refractivity contribution in [1.82, 2.24) is 5.32 Å². The fourth-order valence-electron chi connectivity index (χ4n) is 2.65. The number of esters is 1. The summed E-state index contributed by atoms with van der Waals surface area (Å²) in [4.78, 5) is 16.5. The minimum absolute atomic E-state index is 0. The first-order valence-electron chi connectivity index (χ1n) is 9.08. The fraction of sp³-hybridized carbons (Fsp3) is 0.333. The molecule has 0 radical (unpaired) electrons. The van der Waals surface area contributed by atoms with Crippen molar-refractivity contribution in [2.45, 2.75) is 13.5 Å². The van der Waals surface area contributed by atoms with Gasteiger partial charge in [-0.1, -0.05) is 6.07 Å². The van der Waals surface area contributed by atoms with Gasteiger partial charge in [0.2, 0.25) is 0 Å². The van der Waals surface area contributed by atoms with E-state index < -0.39 is 5.97 Å². The highest BCUT2D eigenvalue weighted by atomic mass is 127. The van der Waals surface area contributed by atoms with Crippen molar-refractivity contribution in [2.75, 3.05) is 40.3 Å². The Bertz CT molecular complexity index is 874. The molecule has 30 heavy (non-hydrogen) atoms. The molecule has 2 aromatic carbocycles. The van der Waals surface area contributed by atoms with Gasteiger partial charge < -0.3 is 29.6 Å². The van der Waals surface area contributed by atoms with Crippen LogP contribution in [0.25, 0.3) is 0 Å². The minimum Gasteiger partial charge on any atom is -0.496 e. The summed E-state index contributed by atoms with van der Waals surface area (Å²) in [6, 6.07) is 10.8. The van der Waals surface area contributed by atoms with Gasteiger partial charge in [-0.2, -0.15) is 0 Å². The first-order valence-corrected chi connectivity index (χ1v) is 9.08. The standard InChI is InChI=1S/C21H27N3O5.HI/c1-6-22-21(24-15-8-10-18(27-3)19(12-15)28-4)23-13-14-7-9-17(26-2)16(11-14)20(25)29-5;/h7-12H,6,13H2,1-5H3,(H2,22,23,24);1H. The Balaban J connectivity index is 0.00000450. The normalized spacial score (nSPS) is 10.5. The molecule has 164 valence electrons. The molecule has 0 fully saturated rings. The van der Waals surface area contributed by atoms with Crippen LogP contribution >= 0.6 is 24.0 Å². The Hall–Kier alpha value is -2.69. The van der Waals surface area contributed by atoms with Crippen LogP contribution in [0, 0.1) is 0 Å². The predicted molar refractivity (Wildman–Crippen MR) is 128 cm³/mol. The number of hydrogen-bond acceptors (Lipinski definition) is 6. The maximum atomic E-state index is 12.0. The molecule has 0 saturated heterocycles. The highest BCUT2D eigenvalue weighted by molar-refractivity contribution is 14.0. The second kappa shape index (κ2) is 12.8. The highest BCUT2D eigenvalue weighted by Gasteiger charge is 2.13. The molecule has 9 heteroatoms. The van der Waals surface area contributed by atoms with Gasteiger partial charge in [0.1, 0.15) is 11.3 Å². The summed E-state index contributed by atoms with van der Waals surface area (Å²) < 4.78 is 20.6. The van der Waals surface area contributed by atoms with E-state index in [1.54, 1.807) is 26.4 Å². The Morgan fingerprint density at radius 1 is 0.933 bits per heavy atom. The molecule has 0 amide bonds. The number of nitrogens with zero attached hydrogens (tertiary/aromatic N) is 1. The molecule has 0 aliphatic heterocycles. The maximum Gasteiger partial charge on any atom is 0.341 e. The van der Waals surface area contributed by atoms with Crippen molar-refractivity contribution in [1.29, 1.82) is 0 Å². The molecule has 0 aliphatic rings. The van der Waals surface area contributed by atoms with Crippen LogP contribution in [0.5, 0.6) is 17.2 Å². The third kappa shape index (κ3) is 6.68. The lowest BCUT2D eigenvalue weighted by atomic mass is 10.1. The Morgan fingerprint density at radius 3 is 2.20 bits per heavy atom. The molecule has 0 bridgehead atoms. The lowest BCUT2D eigenvalue weighted by Gasteiger charge is -2.14. The highest BCUT2D eigenvalue weighted by Crippen LogP contribution is 2.29. The SMILES string of the molecule is CCNC(=NCc1ccc(OC)c(C(=O)OC)c1)Nc1ccc(OC)c(OC)c1.I. The van der Waals surface area contributed by atoms with Crippen LogP contribution in [-0.2, 0) is 11.3 Å². The van der Waals surface area contributed by atoms with Gasteiger partial charge in [0.05, 0.1) is 35.0 Å². The van der Waals surface area contributed by atoms with Crippen LogP contribution in [0.3, 0.4) is 0 Å². The molecule has 8 nitrogen and oxygen atoms in total. The third-order valence-electron chi connectivity index (χ3n) is 4.08. The number of nitrogens with one attached hydrogen (secondary N) is 2. The summed E-state index contributed by atoms with van der Waals surface area (Å²) in [5.41, 5.74) is 2.00. The lowest BCUT2D eigenvalue weighted by molar-refractivity contribution is 0.0597. The molecule has 0 atom stereocenters. The molecule has 0 aliphatic carbocycles. The second-order valence-corrected chi connectivity index (χ2v) is 5.92. The van der Waals surface area contributed by atoms with E-state index in [9.17, 15) is 4.79 Å². The smallest absolute Gasteiger partial charge is 0.341 e. The van der Waals surface area contributed by atoms with E-state index in [0.717, 1.165) is 11.3 Å². The van der Waals surface area contributed by atoms with Crippen LogP contribution in [-0.4, -0.2) is 46.9 Å². The number of halogens is 1. The van der Waals surface area contributed by atoms with Crippen LogP contribution in [0.15, 0.2) is 41.4 Å². The van der Waals surface area contributed by atoms with E-state index in [-0.39, 0.29) is 24.0 Å². The van der Waals surface area contributed by atoms with E-state index in [4.69, 9.17) is 18.9 Å². The monoisotopic (exact) mass is 529 g/mol. The van der Waals surface area contributed by atoms with E-state index in [2.05, 4.69) is 15.6 Å². The van der Waals surface area contributed by atoms with Crippen molar-refractivity contribution in [3.05, 3.63) is 47.5 Å². The van der Waals surface area contributed by atoms with Crippen molar-refractivity contribution in [3.63, 3.8) is 0 Å². The van der Waals surface area contributed by atoms with Gasteiger partial charge in [0.15, 0.2) is 17.5 Å².